The van der Waals surface area contributed by atoms with Gasteiger partial charge in [0, 0.05) is 35.6 Å². The van der Waals surface area contributed by atoms with Crippen LogP contribution in [-0.4, -0.2) is 30.4 Å². The predicted molar refractivity (Wildman–Crippen MR) is 122 cm³/mol. The predicted octanol–water partition coefficient (Wildman–Crippen LogP) is 4.63. The van der Waals surface area contributed by atoms with Crippen LogP contribution in [0.2, 0.25) is 10.0 Å². The van der Waals surface area contributed by atoms with Gasteiger partial charge in [0.2, 0.25) is 0 Å². The Morgan fingerprint density at radius 1 is 1.06 bits per heavy atom. The number of nitrogens with one attached hydrogen (secondary N) is 1. The third kappa shape index (κ3) is 5.68. The second-order valence-corrected chi connectivity index (χ2v) is 7.71. The van der Waals surface area contributed by atoms with Crippen molar-refractivity contribution in [3.8, 4) is 5.75 Å². The van der Waals surface area contributed by atoms with Gasteiger partial charge >= 0.3 is 0 Å². The molecule has 0 aliphatic heterocycles. The fourth-order valence-corrected chi connectivity index (χ4v) is 3.37. The van der Waals surface area contributed by atoms with Crippen LogP contribution < -0.4 is 10.1 Å². The molecule has 168 valence electrons. The minimum atomic E-state index is -0.547. The number of rotatable bonds is 8. The molecular weight excluding hydrogens is 471 g/mol. The highest BCUT2D eigenvalue weighted by atomic mass is 35.5. The molecule has 33 heavy (non-hydrogen) atoms. The summed E-state index contributed by atoms with van der Waals surface area (Å²) in [4.78, 5) is 22.7. The molecule has 2 heterocycles. The Labute approximate surface area is 197 Å². The Hall–Kier alpha value is -3.89. The highest BCUT2D eigenvalue weighted by molar-refractivity contribution is 6.32. The molecule has 0 radical (unpaired) electrons. The number of nitro benzene ring substituents is 1. The Morgan fingerprint density at radius 2 is 1.88 bits per heavy atom. The van der Waals surface area contributed by atoms with E-state index in [1.165, 1.54) is 28.9 Å². The second kappa shape index (κ2) is 9.72. The number of carbonyl (C=O) groups is 1. The molecule has 0 aliphatic carbocycles. The first-order valence-electron chi connectivity index (χ1n) is 9.57. The number of nitrogens with zero attached hydrogens (tertiary/aromatic N) is 5. The van der Waals surface area contributed by atoms with Crippen molar-refractivity contribution in [3.05, 3.63) is 98.4 Å². The number of hydrogen-bond donors (Lipinski definition) is 1. The molecule has 0 atom stereocenters. The van der Waals surface area contributed by atoms with Gasteiger partial charge < -0.3 is 10.1 Å². The van der Waals surface area contributed by atoms with Crippen LogP contribution in [0.4, 0.5) is 11.5 Å². The average molecular weight is 487 g/mol. The zero-order valence-electron chi connectivity index (χ0n) is 16.9. The van der Waals surface area contributed by atoms with Gasteiger partial charge in [0.05, 0.1) is 16.5 Å². The molecule has 0 bridgehead atoms. The molecular formula is C21H16Cl2N6O4. The number of nitro groups is 1. The van der Waals surface area contributed by atoms with Gasteiger partial charge in [0.15, 0.2) is 18.2 Å². The van der Waals surface area contributed by atoms with Crippen molar-refractivity contribution in [3.63, 3.8) is 0 Å². The van der Waals surface area contributed by atoms with Gasteiger partial charge in [0.1, 0.15) is 5.75 Å². The second-order valence-electron chi connectivity index (χ2n) is 6.87. The van der Waals surface area contributed by atoms with Crippen LogP contribution in [-0.2, 0) is 13.3 Å². The van der Waals surface area contributed by atoms with Crippen LogP contribution in [0.15, 0.2) is 67.0 Å². The molecule has 0 fully saturated rings. The molecule has 4 rings (SSSR count). The molecule has 2 aromatic heterocycles. The van der Waals surface area contributed by atoms with Crippen molar-refractivity contribution in [1.82, 2.24) is 19.6 Å². The first-order valence-corrected chi connectivity index (χ1v) is 10.3. The first kappa shape index (κ1) is 22.3. The summed E-state index contributed by atoms with van der Waals surface area (Å²) in [6.07, 6.45) is 3.31. The van der Waals surface area contributed by atoms with Crippen LogP contribution in [0.25, 0.3) is 0 Å². The number of ether oxygens (including phenoxy) is 1. The summed E-state index contributed by atoms with van der Waals surface area (Å²) < 4.78 is 8.60. The molecule has 2 aromatic carbocycles. The largest absolute Gasteiger partial charge is 0.470 e. The van der Waals surface area contributed by atoms with E-state index in [-0.39, 0.29) is 28.9 Å². The number of non-ortho nitro benzene ring substituents is 1. The Bertz CT molecular complexity index is 1320. The lowest BCUT2D eigenvalue weighted by Gasteiger charge is -2.07. The van der Waals surface area contributed by atoms with E-state index in [2.05, 4.69) is 15.5 Å². The molecule has 1 amide bonds. The summed E-state index contributed by atoms with van der Waals surface area (Å²) in [5, 5.41) is 22.7. The molecule has 12 heteroatoms. The molecule has 4 aromatic rings. The lowest BCUT2D eigenvalue weighted by Crippen LogP contribution is -2.15. The van der Waals surface area contributed by atoms with Gasteiger partial charge in [-0.15, -0.1) is 0 Å². The van der Waals surface area contributed by atoms with E-state index in [0.29, 0.717) is 17.4 Å². The zero-order valence-corrected chi connectivity index (χ0v) is 18.4. The molecule has 0 saturated carbocycles. The van der Waals surface area contributed by atoms with Crippen LogP contribution in [0.5, 0.6) is 5.75 Å². The highest BCUT2D eigenvalue weighted by Crippen LogP contribution is 2.28. The highest BCUT2D eigenvalue weighted by Gasteiger charge is 2.13. The summed E-state index contributed by atoms with van der Waals surface area (Å²) in [5.41, 5.74) is 1.01. The van der Waals surface area contributed by atoms with Crippen LogP contribution in [0, 0.1) is 10.1 Å². The van der Waals surface area contributed by atoms with Crippen molar-refractivity contribution >= 4 is 40.6 Å². The Balaban J connectivity index is 1.34. The van der Waals surface area contributed by atoms with E-state index in [0.717, 1.165) is 5.56 Å². The van der Waals surface area contributed by atoms with Crippen molar-refractivity contribution < 1.29 is 14.5 Å². The molecule has 0 aliphatic rings. The number of halogens is 2. The minimum absolute atomic E-state index is 0.0426. The number of benzene rings is 2. The van der Waals surface area contributed by atoms with Gasteiger partial charge in [-0.2, -0.15) is 10.2 Å². The maximum absolute atomic E-state index is 12.5. The van der Waals surface area contributed by atoms with Gasteiger partial charge in [-0.25, -0.2) is 4.68 Å². The number of hydrogen-bond acceptors (Lipinski definition) is 6. The summed E-state index contributed by atoms with van der Waals surface area (Å²) in [6.45, 7) is 0.465. The molecule has 0 spiro atoms. The number of aromatic nitrogens is 4. The van der Waals surface area contributed by atoms with Gasteiger partial charge in [-0.3, -0.25) is 19.6 Å². The maximum atomic E-state index is 12.5. The fraction of sp³-hybridized carbons (Fsp3) is 0.0952. The first-order chi connectivity index (χ1) is 15.9. The SMILES string of the molecule is O=C(Nc1ccn(Cc2cccc(Cl)c2)n1)c1ccn(COc2ccc([N+](=O)[O-])cc2Cl)n1. The van der Waals surface area contributed by atoms with Gasteiger partial charge in [-0.05, 0) is 29.8 Å². The van der Waals surface area contributed by atoms with Crippen LogP contribution in [0.1, 0.15) is 16.1 Å². The van der Waals surface area contributed by atoms with Crippen molar-refractivity contribution in [2.24, 2.45) is 0 Å². The quantitative estimate of drug-likeness (QED) is 0.286. The third-order valence-corrected chi connectivity index (χ3v) is 5.00. The number of amides is 1. The van der Waals surface area contributed by atoms with Gasteiger partial charge in [0.25, 0.3) is 11.6 Å². The van der Waals surface area contributed by atoms with Crippen molar-refractivity contribution in [2.75, 3.05) is 5.32 Å². The topological polar surface area (TPSA) is 117 Å². The maximum Gasteiger partial charge on any atom is 0.277 e. The van der Waals surface area contributed by atoms with Crippen LogP contribution in [0.3, 0.4) is 0 Å². The van der Waals surface area contributed by atoms with E-state index in [1.54, 1.807) is 29.2 Å². The normalized spacial score (nSPS) is 10.7. The van der Waals surface area contributed by atoms with E-state index in [1.807, 2.05) is 18.2 Å². The summed E-state index contributed by atoms with van der Waals surface area (Å²) >= 11 is 12.0. The number of carbonyl (C=O) groups excluding carboxylic acids is 1. The lowest BCUT2D eigenvalue weighted by atomic mass is 10.2. The number of anilines is 1. The fourth-order valence-electron chi connectivity index (χ4n) is 2.93. The zero-order chi connectivity index (χ0) is 23.4. The molecule has 1 N–H and O–H groups in total. The average Bonchev–Trinajstić information content (AvgIpc) is 3.42. The molecule has 0 unspecified atom stereocenters. The Kier molecular flexibility index (Phi) is 6.57. The molecule has 0 saturated heterocycles. The van der Waals surface area contributed by atoms with Crippen molar-refractivity contribution in [1.29, 1.82) is 0 Å². The van der Waals surface area contributed by atoms with E-state index >= 15 is 0 Å². The van der Waals surface area contributed by atoms with E-state index in [9.17, 15) is 14.9 Å². The standard InChI is InChI=1S/C21H16Cl2N6O4/c22-15-3-1-2-14(10-15)12-27-9-7-20(26-27)24-21(30)18-6-8-28(25-18)13-33-19-5-4-16(29(31)32)11-17(19)23/h1-11H,12-13H2,(H,24,26,30). The van der Waals surface area contributed by atoms with E-state index < -0.39 is 10.8 Å². The Morgan fingerprint density at radius 3 is 2.64 bits per heavy atom. The van der Waals surface area contributed by atoms with Crippen molar-refractivity contribution in [2.45, 2.75) is 13.3 Å². The van der Waals surface area contributed by atoms with Gasteiger partial charge in [-0.1, -0.05) is 35.3 Å². The third-order valence-electron chi connectivity index (χ3n) is 4.47. The minimum Gasteiger partial charge on any atom is -0.470 e. The summed E-state index contributed by atoms with van der Waals surface area (Å²) in [7, 11) is 0. The lowest BCUT2D eigenvalue weighted by molar-refractivity contribution is -0.384. The summed E-state index contributed by atoms with van der Waals surface area (Å²) in [6, 6.07) is 14.5. The monoisotopic (exact) mass is 486 g/mol. The molecule has 10 nitrogen and oxygen atoms in total. The summed E-state index contributed by atoms with van der Waals surface area (Å²) in [5.74, 6) is 0.203. The van der Waals surface area contributed by atoms with Crippen LogP contribution >= 0.6 is 23.2 Å². The van der Waals surface area contributed by atoms with E-state index in [4.69, 9.17) is 27.9 Å². The smallest absolute Gasteiger partial charge is 0.277 e.